The molecule has 2 aliphatic rings. The number of likely N-dealkylation sites (N-methyl/N-ethyl adjacent to an activating group) is 1. The number of carbonyl (C=O) groups is 1. The Balaban J connectivity index is 0.00000112. The number of carbonyl (C=O) groups excluding carboxylic acids is 1. The molecule has 4 heteroatoms. The monoisotopic (exact) mass is 232 g/mol. The molecular weight excluding hydrogens is 212 g/mol. The average molecular weight is 233 g/mol. The van der Waals surface area contributed by atoms with Crippen molar-refractivity contribution in [3.63, 3.8) is 0 Å². The van der Waals surface area contributed by atoms with Crippen LogP contribution in [-0.2, 0) is 4.79 Å². The number of amides is 1. The highest BCUT2D eigenvalue weighted by atomic mass is 35.5. The van der Waals surface area contributed by atoms with Gasteiger partial charge in [0, 0.05) is 19.5 Å². The molecule has 0 aromatic carbocycles. The van der Waals surface area contributed by atoms with Crippen LogP contribution >= 0.6 is 12.4 Å². The van der Waals surface area contributed by atoms with Gasteiger partial charge in [-0.15, -0.1) is 12.4 Å². The zero-order valence-electron chi connectivity index (χ0n) is 9.58. The Hall–Kier alpha value is -0.280. The summed E-state index contributed by atoms with van der Waals surface area (Å²) in [6, 6.07) is 0. The molecule has 0 aromatic rings. The lowest BCUT2D eigenvalue weighted by molar-refractivity contribution is -0.141. The summed E-state index contributed by atoms with van der Waals surface area (Å²) in [5.74, 6) is 0.694. The molecule has 0 aromatic heterocycles. The van der Waals surface area contributed by atoms with Crippen molar-refractivity contribution >= 4 is 18.3 Å². The fourth-order valence-electron chi connectivity index (χ4n) is 2.29. The van der Waals surface area contributed by atoms with Gasteiger partial charge in [0.2, 0.25) is 5.91 Å². The Bertz CT molecular complexity index is 235. The zero-order chi connectivity index (χ0) is 10.2. The lowest BCUT2D eigenvalue weighted by Gasteiger charge is -2.39. The molecular formula is C11H21ClN2O. The summed E-state index contributed by atoms with van der Waals surface area (Å²) in [4.78, 5) is 14.0. The van der Waals surface area contributed by atoms with Crippen molar-refractivity contribution < 1.29 is 4.79 Å². The van der Waals surface area contributed by atoms with Gasteiger partial charge in [-0.05, 0) is 32.7 Å². The van der Waals surface area contributed by atoms with Crippen LogP contribution in [0.2, 0.25) is 0 Å². The van der Waals surface area contributed by atoms with Gasteiger partial charge in [-0.2, -0.15) is 0 Å². The Morgan fingerprint density at radius 3 is 2.53 bits per heavy atom. The molecule has 0 bridgehead atoms. The van der Waals surface area contributed by atoms with E-state index in [1.165, 1.54) is 6.42 Å². The maximum atomic E-state index is 12.0. The Morgan fingerprint density at radius 2 is 2.13 bits per heavy atom. The van der Waals surface area contributed by atoms with Crippen molar-refractivity contribution in [1.82, 2.24) is 10.2 Å². The van der Waals surface area contributed by atoms with E-state index in [1.807, 2.05) is 11.9 Å². The fraction of sp³-hybridized carbons (Fsp3) is 0.909. The molecule has 2 rings (SSSR count). The summed E-state index contributed by atoms with van der Waals surface area (Å²) in [5.41, 5.74) is 0.0622. The molecule has 1 unspecified atom stereocenters. The Kier molecular flexibility index (Phi) is 4.01. The molecule has 1 heterocycles. The molecule has 1 saturated heterocycles. The second-order valence-electron chi connectivity index (χ2n) is 4.95. The first kappa shape index (κ1) is 12.8. The van der Waals surface area contributed by atoms with E-state index in [4.69, 9.17) is 0 Å². The Morgan fingerprint density at radius 1 is 1.47 bits per heavy atom. The van der Waals surface area contributed by atoms with Crippen LogP contribution in [0.5, 0.6) is 0 Å². The number of rotatable bonds is 2. The van der Waals surface area contributed by atoms with Crippen molar-refractivity contribution in [2.45, 2.75) is 38.1 Å². The van der Waals surface area contributed by atoms with Gasteiger partial charge in [-0.1, -0.05) is 6.42 Å². The minimum atomic E-state index is 0. The van der Waals surface area contributed by atoms with Crippen molar-refractivity contribution in [2.75, 3.05) is 20.1 Å². The molecule has 0 radical (unpaired) electrons. The van der Waals surface area contributed by atoms with Crippen molar-refractivity contribution in [3.05, 3.63) is 0 Å². The van der Waals surface area contributed by atoms with E-state index in [0.717, 1.165) is 32.4 Å². The van der Waals surface area contributed by atoms with E-state index in [1.54, 1.807) is 0 Å². The highest BCUT2D eigenvalue weighted by Gasteiger charge is 2.39. The summed E-state index contributed by atoms with van der Waals surface area (Å²) in [7, 11) is 1.97. The maximum Gasteiger partial charge on any atom is 0.225 e. The van der Waals surface area contributed by atoms with E-state index >= 15 is 0 Å². The van der Waals surface area contributed by atoms with Crippen molar-refractivity contribution in [3.8, 4) is 0 Å². The molecule has 1 N–H and O–H groups in total. The van der Waals surface area contributed by atoms with Gasteiger partial charge in [0.25, 0.3) is 0 Å². The number of halogens is 1. The fourth-order valence-corrected chi connectivity index (χ4v) is 2.29. The van der Waals surface area contributed by atoms with E-state index in [0.29, 0.717) is 11.8 Å². The molecule has 1 aliphatic heterocycles. The van der Waals surface area contributed by atoms with Gasteiger partial charge in [0.15, 0.2) is 0 Å². The SMILES string of the molecule is CN(C(=O)C1CCC1)C1(C)CCNC1.Cl. The van der Waals surface area contributed by atoms with E-state index < -0.39 is 0 Å². The van der Waals surface area contributed by atoms with Gasteiger partial charge in [0.05, 0.1) is 5.54 Å². The normalized spacial score (nSPS) is 30.5. The third-order valence-electron chi connectivity index (χ3n) is 3.94. The highest BCUT2D eigenvalue weighted by Crippen LogP contribution is 2.31. The van der Waals surface area contributed by atoms with Gasteiger partial charge >= 0.3 is 0 Å². The van der Waals surface area contributed by atoms with Gasteiger partial charge in [0.1, 0.15) is 0 Å². The third kappa shape index (κ3) is 2.28. The van der Waals surface area contributed by atoms with Gasteiger partial charge in [-0.25, -0.2) is 0 Å². The number of hydrogen-bond donors (Lipinski definition) is 1. The Labute approximate surface area is 98.0 Å². The van der Waals surface area contributed by atoms with Crippen LogP contribution < -0.4 is 5.32 Å². The first-order valence-electron chi connectivity index (χ1n) is 5.62. The van der Waals surface area contributed by atoms with Crippen LogP contribution in [-0.4, -0.2) is 36.5 Å². The number of hydrogen-bond acceptors (Lipinski definition) is 2. The predicted molar refractivity (Wildman–Crippen MR) is 63.3 cm³/mol. The van der Waals surface area contributed by atoms with E-state index in [9.17, 15) is 4.79 Å². The van der Waals surface area contributed by atoms with E-state index in [-0.39, 0.29) is 17.9 Å². The standard InChI is InChI=1S/C11H20N2O.ClH/c1-11(6-7-12-8-11)13(2)10(14)9-4-3-5-9;/h9,12H,3-8H2,1-2H3;1H. The first-order chi connectivity index (χ1) is 6.63. The van der Waals surface area contributed by atoms with Crippen LogP contribution in [0.15, 0.2) is 0 Å². The summed E-state index contributed by atoms with van der Waals surface area (Å²) in [6.45, 7) is 4.17. The molecule has 1 aliphatic carbocycles. The van der Waals surface area contributed by atoms with Crippen LogP contribution in [0.25, 0.3) is 0 Å². The second-order valence-corrected chi connectivity index (χ2v) is 4.95. The molecule has 2 fully saturated rings. The van der Waals surface area contributed by atoms with Crippen molar-refractivity contribution in [2.24, 2.45) is 5.92 Å². The topological polar surface area (TPSA) is 32.3 Å². The molecule has 88 valence electrons. The second kappa shape index (κ2) is 4.71. The van der Waals surface area contributed by atoms with Crippen molar-refractivity contribution in [1.29, 1.82) is 0 Å². The first-order valence-corrected chi connectivity index (χ1v) is 5.62. The van der Waals surface area contributed by atoms with Crippen LogP contribution in [0.3, 0.4) is 0 Å². The minimum absolute atomic E-state index is 0. The summed E-state index contributed by atoms with van der Waals surface area (Å²) in [5, 5.41) is 3.33. The molecule has 3 nitrogen and oxygen atoms in total. The molecule has 1 amide bonds. The molecule has 1 atom stereocenters. The zero-order valence-corrected chi connectivity index (χ0v) is 10.4. The maximum absolute atomic E-state index is 12.0. The van der Waals surface area contributed by atoms with Crippen LogP contribution in [0.4, 0.5) is 0 Å². The number of nitrogens with one attached hydrogen (secondary N) is 1. The lowest BCUT2D eigenvalue weighted by atomic mass is 9.83. The largest absolute Gasteiger partial charge is 0.339 e. The molecule has 1 saturated carbocycles. The minimum Gasteiger partial charge on any atom is -0.339 e. The predicted octanol–water partition coefficient (Wildman–Crippen LogP) is 1.42. The summed E-state index contributed by atoms with van der Waals surface area (Å²) >= 11 is 0. The van der Waals surface area contributed by atoms with Crippen LogP contribution in [0.1, 0.15) is 32.6 Å². The molecule has 0 spiro atoms. The summed E-state index contributed by atoms with van der Waals surface area (Å²) in [6.07, 6.45) is 4.53. The lowest BCUT2D eigenvalue weighted by Crippen LogP contribution is -2.51. The van der Waals surface area contributed by atoms with Gasteiger partial charge < -0.3 is 10.2 Å². The quantitative estimate of drug-likeness (QED) is 0.781. The number of nitrogens with zero attached hydrogens (tertiary/aromatic N) is 1. The van der Waals surface area contributed by atoms with Gasteiger partial charge in [-0.3, -0.25) is 4.79 Å². The summed E-state index contributed by atoms with van der Waals surface area (Å²) < 4.78 is 0. The highest BCUT2D eigenvalue weighted by molar-refractivity contribution is 5.85. The van der Waals surface area contributed by atoms with E-state index in [2.05, 4.69) is 12.2 Å². The third-order valence-corrected chi connectivity index (χ3v) is 3.94. The average Bonchev–Trinajstić information content (AvgIpc) is 2.49. The van der Waals surface area contributed by atoms with Crippen LogP contribution in [0, 0.1) is 5.92 Å². The smallest absolute Gasteiger partial charge is 0.225 e. The molecule has 15 heavy (non-hydrogen) atoms.